The van der Waals surface area contributed by atoms with Crippen LogP contribution in [0.5, 0.6) is 0 Å². The van der Waals surface area contributed by atoms with Gasteiger partial charge in [-0.05, 0) is 47.9 Å². The van der Waals surface area contributed by atoms with Crippen molar-refractivity contribution in [2.24, 2.45) is 0 Å². The largest absolute Gasteiger partial charge is 0.367 e. The molecule has 2 aromatic rings. The van der Waals surface area contributed by atoms with E-state index in [1.165, 1.54) is 22.3 Å². The van der Waals surface area contributed by atoms with Crippen LogP contribution < -0.4 is 5.32 Å². The van der Waals surface area contributed by atoms with E-state index in [1.807, 2.05) is 0 Å². The summed E-state index contributed by atoms with van der Waals surface area (Å²) in [5.41, 5.74) is 6.82. The molecule has 2 rings (SSSR count). The Morgan fingerprint density at radius 3 is 2.15 bits per heavy atom. The molecular weight excluding hydrogens is 322 g/mol. The van der Waals surface area contributed by atoms with Crippen molar-refractivity contribution in [1.29, 1.82) is 0 Å². The fourth-order valence-corrected chi connectivity index (χ4v) is 3.13. The number of nitrogens with one attached hydrogen (secondary N) is 1. The Bertz CT molecular complexity index is 737. The second-order valence-corrected chi connectivity index (χ2v) is 7.59. The number of benzene rings is 2. The maximum atomic E-state index is 12.5. The molecule has 0 radical (unpaired) electrons. The van der Waals surface area contributed by atoms with Crippen molar-refractivity contribution < 1.29 is 9.53 Å². The summed E-state index contributed by atoms with van der Waals surface area (Å²) < 4.78 is 5.66. The summed E-state index contributed by atoms with van der Waals surface area (Å²) in [6.07, 6.45) is 0. The van der Waals surface area contributed by atoms with Crippen LogP contribution in [0.2, 0.25) is 0 Å². The molecule has 0 saturated heterocycles. The summed E-state index contributed by atoms with van der Waals surface area (Å²) in [6.45, 7) is 13.2. The highest BCUT2D eigenvalue weighted by atomic mass is 16.5. The number of para-hydroxylation sites is 1. The molecular formula is C23H31NO2. The molecule has 0 fully saturated rings. The number of hydrogen-bond acceptors (Lipinski definition) is 2. The van der Waals surface area contributed by atoms with E-state index in [1.54, 1.807) is 0 Å². The third-order valence-electron chi connectivity index (χ3n) is 4.63. The predicted molar refractivity (Wildman–Crippen MR) is 109 cm³/mol. The maximum Gasteiger partial charge on any atom is 0.250 e. The number of rotatable bonds is 7. The number of amides is 1. The van der Waals surface area contributed by atoms with Crippen LogP contribution in [0.4, 0.5) is 5.69 Å². The number of ether oxygens (including phenoxy) is 1. The van der Waals surface area contributed by atoms with Crippen LogP contribution in [0.15, 0.2) is 36.4 Å². The predicted octanol–water partition coefficient (Wildman–Crippen LogP) is 5.71. The molecule has 1 N–H and O–H groups in total. The Balaban J connectivity index is 2.03. The van der Waals surface area contributed by atoms with Gasteiger partial charge in [0.15, 0.2) is 0 Å². The monoisotopic (exact) mass is 353 g/mol. The van der Waals surface area contributed by atoms with Crippen LogP contribution in [0.3, 0.4) is 0 Å². The van der Waals surface area contributed by atoms with Crippen molar-refractivity contribution in [2.45, 2.75) is 60.0 Å². The average Bonchev–Trinajstić information content (AvgIpc) is 2.56. The van der Waals surface area contributed by atoms with Gasteiger partial charge in [0.2, 0.25) is 5.91 Å². The van der Waals surface area contributed by atoms with Gasteiger partial charge in [-0.2, -0.15) is 0 Å². The van der Waals surface area contributed by atoms with Crippen molar-refractivity contribution >= 4 is 11.6 Å². The summed E-state index contributed by atoms with van der Waals surface area (Å²) in [6, 6.07) is 12.5. The first-order valence-corrected chi connectivity index (χ1v) is 9.36. The average molecular weight is 354 g/mol. The van der Waals surface area contributed by atoms with Gasteiger partial charge in [-0.1, -0.05) is 69.7 Å². The van der Waals surface area contributed by atoms with E-state index in [9.17, 15) is 4.79 Å². The van der Waals surface area contributed by atoms with Crippen molar-refractivity contribution in [2.75, 3.05) is 11.9 Å². The summed E-state index contributed by atoms with van der Waals surface area (Å²) in [7, 11) is 0. The first-order valence-electron chi connectivity index (χ1n) is 9.36. The first kappa shape index (κ1) is 20.2. The van der Waals surface area contributed by atoms with E-state index in [4.69, 9.17) is 4.74 Å². The minimum Gasteiger partial charge on any atom is -0.367 e. The minimum absolute atomic E-state index is 0.0529. The van der Waals surface area contributed by atoms with Gasteiger partial charge in [-0.25, -0.2) is 0 Å². The zero-order valence-electron chi connectivity index (χ0n) is 16.8. The molecule has 0 aliphatic rings. The zero-order valence-corrected chi connectivity index (χ0v) is 16.8. The van der Waals surface area contributed by atoms with Crippen molar-refractivity contribution in [3.05, 3.63) is 64.2 Å². The highest BCUT2D eigenvalue weighted by Crippen LogP contribution is 2.32. The van der Waals surface area contributed by atoms with Crippen molar-refractivity contribution in [3.63, 3.8) is 0 Å². The van der Waals surface area contributed by atoms with E-state index in [-0.39, 0.29) is 12.5 Å². The lowest BCUT2D eigenvalue weighted by Gasteiger charge is -2.20. The quantitative estimate of drug-likeness (QED) is 0.693. The summed E-state index contributed by atoms with van der Waals surface area (Å²) in [5.74, 6) is 0.588. The maximum absolute atomic E-state index is 12.5. The molecule has 0 heterocycles. The van der Waals surface area contributed by atoms with Crippen molar-refractivity contribution in [1.82, 2.24) is 0 Å². The van der Waals surface area contributed by atoms with Gasteiger partial charge >= 0.3 is 0 Å². The van der Waals surface area contributed by atoms with Gasteiger partial charge in [0, 0.05) is 5.69 Å². The number of anilines is 1. The van der Waals surface area contributed by atoms with E-state index >= 15 is 0 Å². The Morgan fingerprint density at radius 1 is 1.00 bits per heavy atom. The number of hydrogen-bond donors (Lipinski definition) is 1. The van der Waals surface area contributed by atoms with E-state index in [2.05, 4.69) is 83.3 Å². The molecule has 1 amide bonds. The standard InChI is InChI=1S/C23H31NO2/c1-15(2)20-8-7-9-21(16(3)4)23(20)24-22(25)14-26-13-19-11-10-17(5)12-18(19)6/h7-12,15-16H,13-14H2,1-6H3,(H,24,25). The lowest BCUT2D eigenvalue weighted by molar-refractivity contribution is -0.121. The van der Waals surface area contributed by atoms with Gasteiger partial charge in [0.25, 0.3) is 0 Å². The topological polar surface area (TPSA) is 38.3 Å². The number of aryl methyl sites for hydroxylation is 2. The molecule has 3 heteroatoms. The molecule has 3 nitrogen and oxygen atoms in total. The second kappa shape index (κ2) is 9.00. The van der Waals surface area contributed by atoms with Gasteiger partial charge in [-0.15, -0.1) is 0 Å². The Labute approximate surface area is 157 Å². The third-order valence-corrected chi connectivity index (χ3v) is 4.63. The SMILES string of the molecule is Cc1ccc(COCC(=O)Nc2c(C(C)C)cccc2C(C)C)c(C)c1. The Hall–Kier alpha value is -2.13. The molecule has 2 aromatic carbocycles. The van der Waals surface area contributed by atoms with Gasteiger partial charge in [-0.3, -0.25) is 4.79 Å². The molecule has 0 spiro atoms. The van der Waals surface area contributed by atoms with Crippen LogP contribution in [0.25, 0.3) is 0 Å². The summed E-state index contributed by atoms with van der Waals surface area (Å²) in [5, 5.41) is 3.09. The number of carbonyl (C=O) groups excluding carboxylic acids is 1. The van der Waals surface area contributed by atoms with Crippen LogP contribution in [-0.2, 0) is 16.1 Å². The molecule has 0 aromatic heterocycles. The molecule has 0 unspecified atom stereocenters. The third kappa shape index (κ3) is 5.18. The van der Waals surface area contributed by atoms with Gasteiger partial charge in [0.05, 0.1) is 6.61 Å². The zero-order chi connectivity index (χ0) is 19.3. The van der Waals surface area contributed by atoms with Gasteiger partial charge in [0.1, 0.15) is 6.61 Å². The molecule has 0 atom stereocenters. The highest BCUT2D eigenvalue weighted by molar-refractivity contribution is 5.93. The lowest BCUT2D eigenvalue weighted by Crippen LogP contribution is -2.20. The molecule has 140 valence electrons. The van der Waals surface area contributed by atoms with E-state index in [0.29, 0.717) is 18.4 Å². The van der Waals surface area contributed by atoms with Crippen LogP contribution >= 0.6 is 0 Å². The number of carbonyl (C=O) groups is 1. The molecule has 26 heavy (non-hydrogen) atoms. The highest BCUT2D eigenvalue weighted by Gasteiger charge is 2.16. The van der Waals surface area contributed by atoms with Crippen LogP contribution in [0, 0.1) is 13.8 Å². The Morgan fingerprint density at radius 2 is 1.62 bits per heavy atom. The van der Waals surface area contributed by atoms with E-state index < -0.39 is 0 Å². The minimum atomic E-state index is -0.107. The normalized spacial score (nSPS) is 11.2. The Kier molecular flexibility index (Phi) is 6.98. The summed E-state index contributed by atoms with van der Waals surface area (Å²) >= 11 is 0. The molecule has 0 aliphatic carbocycles. The second-order valence-electron chi connectivity index (χ2n) is 7.59. The van der Waals surface area contributed by atoms with Crippen LogP contribution in [0.1, 0.15) is 67.3 Å². The smallest absolute Gasteiger partial charge is 0.250 e. The van der Waals surface area contributed by atoms with Crippen LogP contribution in [-0.4, -0.2) is 12.5 Å². The fourth-order valence-electron chi connectivity index (χ4n) is 3.13. The molecule has 0 bridgehead atoms. The molecule has 0 saturated carbocycles. The lowest BCUT2D eigenvalue weighted by atomic mass is 9.92. The van der Waals surface area contributed by atoms with Gasteiger partial charge < -0.3 is 10.1 Å². The fraction of sp³-hybridized carbons (Fsp3) is 0.435. The summed E-state index contributed by atoms with van der Waals surface area (Å²) in [4.78, 5) is 12.5. The van der Waals surface area contributed by atoms with E-state index in [0.717, 1.165) is 11.3 Å². The van der Waals surface area contributed by atoms with Crippen molar-refractivity contribution in [3.8, 4) is 0 Å². The molecule has 0 aliphatic heterocycles. The first-order chi connectivity index (χ1) is 12.3.